The maximum Gasteiger partial charge on any atom is 0.0540 e. The van der Waals surface area contributed by atoms with E-state index >= 15 is 0 Å². The Morgan fingerprint density at radius 2 is 1.76 bits per heavy atom. The highest BCUT2D eigenvalue weighted by atomic mass is 16.2. The summed E-state index contributed by atoms with van der Waals surface area (Å²) < 4.78 is 0. The number of aryl methyl sites for hydroxylation is 1. The molecule has 1 N–H and O–H groups in total. The molecule has 2 aromatic rings. The van der Waals surface area contributed by atoms with Crippen LogP contribution in [0.5, 0.6) is 0 Å². The Labute approximate surface area is 127 Å². The van der Waals surface area contributed by atoms with Crippen molar-refractivity contribution in [1.29, 1.82) is 0 Å². The van der Waals surface area contributed by atoms with E-state index in [0.29, 0.717) is 6.42 Å². The Morgan fingerprint density at radius 1 is 1.05 bits per heavy atom. The van der Waals surface area contributed by atoms with Crippen molar-refractivity contribution < 1.29 is 5.11 Å². The molecule has 0 aliphatic rings. The van der Waals surface area contributed by atoms with Crippen LogP contribution in [0.1, 0.15) is 23.1 Å². The van der Waals surface area contributed by atoms with Crippen LogP contribution in [-0.4, -0.2) is 18.8 Å². The van der Waals surface area contributed by atoms with Crippen LogP contribution < -0.4 is 4.90 Å². The van der Waals surface area contributed by atoms with Gasteiger partial charge < -0.3 is 10.0 Å². The summed E-state index contributed by atoms with van der Waals surface area (Å²) in [5.41, 5.74) is 4.79. The average Bonchev–Trinajstić information content (AvgIpc) is 2.49. The SMILES string of the molecule is Cc1ccccc1N(C)Cc1ccc(C#CCCO)cc1. The van der Waals surface area contributed by atoms with Crippen LogP contribution in [-0.2, 0) is 6.54 Å². The van der Waals surface area contributed by atoms with Crippen LogP contribution in [0.25, 0.3) is 0 Å². The molecule has 0 unspecified atom stereocenters. The number of hydrogen-bond donors (Lipinski definition) is 1. The zero-order chi connectivity index (χ0) is 15.1. The molecule has 21 heavy (non-hydrogen) atoms. The van der Waals surface area contributed by atoms with Gasteiger partial charge in [-0.1, -0.05) is 42.2 Å². The third-order valence-corrected chi connectivity index (χ3v) is 3.37. The van der Waals surface area contributed by atoms with E-state index < -0.39 is 0 Å². The van der Waals surface area contributed by atoms with Gasteiger partial charge in [0.05, 0.1) is 6.61 Å². The second kappa shape index (κ2) is 7.52. The monoisotopic (exact) mass is 279 g/mol. The Balaban J connectivity index is 2.04. The second-order valence-corrected chi connectivity index (χ2v) is 5.11. The van der Waals surface area contributed by atoms with Gasteiger partial charge in [-0.15, -0.1) is 0 Å². The molecule has 0 radical (unpaired) electrons. The van der Waals surface area contributed by atoms with Crippen LogP contribution in [0.2, 0.25) is 0 Å². The fourth-order valence-corrected chi connectivity index (χ4v) is 2.26. The van der Waals surface area contributed by atoms with Gasteiger partial charge in [-0.2, -0.15) is 0 Å². The second-order valence-electron chi connectivity index (χ2n) is 5.11. The molecule has 0 amide bonds. The van der Waals surface area contributed by atoms with E-state index in [0.717, 1.165) is 12.1 Å². The van der Waals surface area contributed by atoms with E-state index in [9.17, 15) is 0 Å². The lowest BCUT2D eigenvalue weighted by molar-refractivity contribution is 0.305. The number of benzene rings is 2. The first-order valence-electron chi connectivity index (χ1n) is 7.16. The molecule has 0 bridgehead atoms. The fourth-order valence-electron chi connectivity index (χ4n) is 2.26. The van der Waals surface area contributed by atoms with E-state index in [4.69, 9.17) is 5.11 Å². The molecular weight excluding hydrogens is 258 g/mol. The first kappa shape index (κ1) is 15.2. The molecule has 0 heterocycles. The minimum Gasteiger partial charge on any atom is -0.395 e. The maximum atomic E-state index is 8.71. The van der Waals surface area contributed by atoms with Crippen molar-refractivity contribution in [3.8, 4) is 11.8 Å². The van der Waals surface area contributed by atoms with E-state index in [2.05, 4.69) is 67.1 Å². The van der Waals surface area contributed by atoms with Gasteiger partial charge in [-0.3, -0.25) is 0 Å². The molecule has 0 aliphatic carbocycles. The highest BCUT2D eigenvalue weighted by molar-refractivity contribution is 5.52. The summed E-state index contributed by atoms with van der Waals surface area (Å²) in [5, 5.41) is 8.71. The van der Waals surface area contributed by atoms with E-state index in [1.54, 1.807) is 0 Å². The summed E-state index contributed by atoms with van der Waals surface area (Å²) in [5.74, 6) is 5.98. The third kappa shape index (κ3) is 4.37. The molecule has 0 saturated heterocycles. The number of nitrogens with zero attached hydrogens (tertiary/aromatic N) is 1. The highest BCUT2D eigenvalue weighted by Crippen LogP contribution is 2.19. The number of aliphatic hydroxyl groups is 1. The van der Waals surface area contributed by atoms with Crippen molar-refractivity contribution in [3.05, 3.63) is 65.2 Å². The average molecular weight is 279 g/mol. The fraction of sp³-hybridized carbons (Fsp3) is 0.263. The zero-order valence-corrected chi connectivity index (χ0v) is 12.6. The molecule has 2 heteroatoms. The molecule has 2 aromatic carbocycles. The molecule has 2 rings (SSSR count). The molecule has 0 aliphatic heterocycles. The van der Waals surface area contributed by atoms with Crippen molar-refractivity contribution >= 4 is 5.69 Å². The summed E-state index contributed by atoms with van der Waals surface area (Å²) in [7, 11) is 2.11. The van der Waals surface area contributed by atoms with Crippen molar-refractivity contribution in [2.45, 2.75) is 19.9 Å². The number of hydrogen-bond acceptors (Lipinski definition) is 2. The number of rotatable bonds is 4. The minimum atomic E-state index is 0.117. The van der Waals surface area contributed by atoms with E-state index in [1.807, 2.05) is 12.1 Å². The zero-order valence-electron chi connectivity index (χ0n) is 12.6. The first-order valence-corrected chi connectivity index (χ1v) is 7.16. The Kier molecular flexibility index (Phi) is 5.43. The van der Waals surface area contributed by atoms with Crippen LogP contribution >= 0.6 is 0 Å². The van der Waals surface area contributed by atoms with Crippen molar-refractivity contribution in [3.63, 3.8) is 0 Å². The predicted molar refractivity (Wildman–Crippen MR) is 88.3 cm³/mol. The molecule has 108 valence electrons. The Bertz CT molecular complexity index is 635. The largest absolute Gasteiger partial charge is 0.395 e. The van der Waals surface area contributed by atoms with Crippen LogP contribution in [0.3, 0.4) is 0 Å². The maximum absolute atomic E-state index is 8.71. The molecule has 0 fully saturated rings. The summed E-state index contributed by atoms with van der Waals surface area (Å²) >= 11 is 0. The van der Waals surface area contributed by atoms with E-state index in [-0.39, 0.29) is 6.61 Å². The summed E-state index contributed by atoms with van der Waals surface area (Å²) in [6, 6.07) is 16.7. The van der Waals surface area contributed by atoms with Crippen molar-refractivity contribution in [1.82, 2.24) is 0 Å². The molecular formula is C19H21NO. The van der Waals surface area contributed by atoms with Crippen LogP contribution in [0.4, 0.5) is 5.69 Å². The molecule has 0 atom stereocenters. The van der Waals surface area contributed by atoms with Gasteiger partial charge in [-0.05, 0) is 36.2 Å². The lowest BCUT2D eigenvalue weighted by Crippen LogP contribution is -2.17. The Morgan fingerprint density at radius 3 is 2.43 bits per heavy atom. The third-order valence-electron chi connectivity index (χ3n) is 3.37. The van der Waals surface area contributed by atoms with Gasteiger partial charge >= 0.3 is 0 Å². The topological polar surface area (TPSA) is 23.5 Å². The van der Waals surface area contributed by atoms with Gasteiger partial charge in [0.15, 0.2) is 0 Å². The van der Waals surface area contributed by atoms with Crippen molar-refractivity contribution in [2.75, 3.05) is 18.6 Å². The molecule has 2 nitrogen and oxygen atoms in total. The number of para-hydroxylation sites is 1. The quantitative estimate of drug-likeness (QED) is 0.867. The predicted octanol–water partition coefficient (Wildman–Crippen LogP) is 3.37. The smallest absolute Gasteiger partial charge is 0.0540 e. The number of anilines is 1. The Hall–Kier alpha value is -2.24. The molecule has 0 spiro atoms. The molecule has 0 saturated carbocycles. The molecule has 0 aromatic heterocycles. The van der Waals surface area contributed by atoms with Crippen LogP contribution in [0, 0.1) is 18.8 Å². The van der Waals surface area contributed by atoms with Gasteiger partial charge in [-0.25, -0.2) is 0 Å². The lowest BCUT2D eigenvalue weighted by Gasteiger charge is -2.21. The van der Waals surface area contributed by atoms with Gasteiger partial charge in [0.2, 0.25) is 0 Å². The van der Waals surface area contributed by atoms with Gasteiger partial charge in [0, 0.05) is 31.3 Å². The van der Waals surface area contributed by atoms with Crippen LogP contribution in [0.15, 0.2) is 48.5 Å². The standard InChI is InChI=1S/C19H21NO/c1-16-7-3-4-9-19(16)20(2)15-18-12-10-17(11-13-18)8-5-6-14-21/h3-4,7,9-13,21H,6,14-15H2,1-2H3. The number of aliphatic hydroxyl groups excluding tert-OH is 1. The normalized spacial score (nSPS) is 9.86. The first-order chi connectivity index (χ1) is 10.2. The highest BCUT2D eigenvalue weighted by Gasteiger charge is 2.04. The van der Waals surface area contributed by atoms with Gasteiger partial charge in [0.1, 0.15) is 0 Å². The van der Waals surface area contributed by atoms with Gasteiger partial charge in [0.25, 0.3) is 0 Å². The summed E-state index contributed by atoms with van der Waals surface area (Å²) in [6.45, 7) is 3.12. The van der Waals surface area contributed by atoms with Crippen molar-refractivity contribution in [2.24, 2.45) is 0 Å². The lowest BCUT2D eigenvalue weighted by atomic mass is 10.1. The summed E-state index contributed by atoms with van der Waals surface area (Å²) in [6.07, 6.45) is 0.526. The van der Waals surface area contributed by atoms with E-state index in [1.165, 1.54) is 16.8 Å². The minimum absolute atomic E-state index is 0.117. The summed E-state index contributed by atoms with van der Waals surface area (Å²) in [4.78, 5) is 2.25.